The van der Waals surface area contributed by atoms with Gasteiger partial charge in [-0.1, -0.05) is 0 Å². The summed E-state index contributed by atoms with van der Waals surface area (Å²) in [5, 5.41) is 7.87. The van der Waals surface area contributed by atoms with Crippen molar-refractivity contribution in [2.24, 2.45) is 4.99 Å². The van der Waals surface area contributed by atoms with Crippen LogP contribution in [-0.4, -0.2) is 61.8 Å². The molecule has 7 nitrogen and oxygen atoms in total. The van der Waals surface area contributed by atoms with Gasteiger partial charge in [-0.15, -0.1) is 11.3 Å². The molecule has 148 valence electrons. The standard InChI is InChI=1S/C19H29N5O2S/c1-16-14-22-18(27-16)15-23-19(21-7-5-17-4-2-11-26-17)20-6-3-8-24-9-12-25-13-10-24/h2,4,11,14H,3,5-10,12-13,15H2,1H3,(H2,20,21,23). The van der Waals surface area contributed by atoms with Crippen molar-refractivity contribution in [2.45, 2.75) is 26.3 Å². The predicted octanol–water partition coefficient (Wildman–Crippen LogP) is 2.04. The van der Waals surface area contributed by atoms with Crippen LogP contribution in [0.1, 0.15) is 22.1 Å². The fourth-order valence-electron chi connectivity index (χ4n) is 2.89. The highest BCUT2D eigenvalue weighted by Gasteiger charge is 2.09. The number of aryl methyl sites for hydroxylation is 1. The quantitative estimate of drug-likeness (QED) is 0.387. The molecule has 0 aliphatic carbocycles. The lowest BCUT2D eigenvalue weighted by Gasteiger charge is -2.26. The number of aromatic nitrogens is 1. The van der Waals surface area contributed by atoms with Crippen LogP contribution < -0.4 is 10.6 Å². The second-order valence-electron chi connectivity index (χ2n) is 6.52. The van der Waals surface area contributed by atoms with Crippen LogP contribution in [0.4, 0.5) is 0 Å². The Kier molecular flexibility index (Phi) is 8.13. The van der Waals surface area contributed by atoms with Gasteiger partial charge in [0.1, 0.15) is 10.8 Å². The van der Waals surface area contributed by atoms with Crippen LogP contribution >= 0.6 is 11.3 Å². The maximum atomic E-state index is 5.40. The van der Waals surface area contributed by atoms with Crippen LogP contribution in [0.3, 0.4) is 0 Å². The van der Waals surface area contributed by atoms with Crippen LogP contribution in [0.25, 0.3) is 0 Å². The van der Waals surface area contributed by atoms with Gasteiger partial charge in [0.25, 0.3) is 0 Å². The van der Waals surface area contributed by atoms with Crippen molar-refractivity contribution >= 4 is 17.3 Å². The second kappa shape index (κ2) is 11.1. The number of rotatable bonds is 9. The summed E-state index contributed by atoms with van der Waals surface area (Å²) in [4.78, 5) is 12.7. The van der Waals surface area contributed by atoms with Crippen LogP contribution in [0.2, 0.25) is 0 Å². The van der Waals surface area contributed by atoms with E-state index in [2.05, 4.69) is 32.4 Å². The van der Waals surface area contributed by atoms with Crippen LogP contribution in [0.15, 0.2) is 34.0 Å². The lowest BCUT2D eigenvalue weighted by atomic mass is 10.3. The van der Waals surface area contributed by atoms with Gasteiger partial charge < -0.3 is 19.8 Å². The van der Waals surface area contributed by atoms with E-state index < -0.39 is 0 Å². The third-order valence-electron chi connectivity index (χ3n) is 4.33. The largest absolute Gasteiger partial charge is 0.469 e. The van der Waals surface area contributed by atoms with E-state index in [1.807, 2.05) is 18.3 Å². The maximum absolute atomic E-state index is 5.40. The summed E-state index contributed by atoms with van der Waals surface area (Å²) in [6.07, 6.45) is 5.52. The molecule has 1 fully saturated rings. The first-order valence-electron chi connectivity index (χ1n) is 9.55. The van der Waals surface area contributed by atoms with Gasteiger partial charge in [-0.05, 0) is 32.0 Å². The zero-order chi connectivity index (χ0) is 18.7. The average Bonchev–Trinajstić information content (AvgIpc) is 3.35. The summed E-state index contributed by atoms with van der Waals surface area (Å²) in [5.74, 6) is 1.81. The van der Waals surface area contributed by atoms with Crippen molar-refractivity contribution in [2.75, 3.05) is 45.9 Å². The number of guanidine groups is 1. The molecule has 2 aromatic heterocycles. The van der Waals surface area contributed by atoms with Crippen molar-refractivity contribution in [1.82, 2.24) is 20.5 Å². The van der Waals surface area contributed by atoms with Crippen LogP contribution in [-0.2, 0) is 17.7 Å². The van der Waals surface area contributed by atoms with Gasteiger partial charge in [-0.25, -0.2) is 9.98 Å². The zero-order valence-electron chi connectivity index (χ0n) is 15.9. The maximum Gasteiger partial charge on any atom is 0.191 e. The zero-order valence-corrected chi connectivity index (χ0v) is 16.8. The molecule has 3 heterocycles. The number of nitrogens with one attached hydrogen (secondary N) is 2. The van der Waals surface area contributed by atoms with E-state index in [9.17, 15) is 0 Å². The van der Waals surface area contributed by atoms with Crippen LogP contribution in [0, 0.1) is 6.92 Å². The molecule has 0 radical (unpaired) electrons. The van der Waals surface area contributed by atoms with E-state index in [4.69, 9.17) is 9.15 Å². The number of hydrogen-bond acceptors (Lipinski definition) is 6. The first-order valence-corrected chi connectivity index (χ1v) is 10.4. The van der Waals surface area contributed by atoms with Crippen molar-refractivity contribution in [3.05, 3.63) is 40.2 Å². The number of thiazole rings is 1. The predicted molar refractivity (Wildman–Crippen MR) is 108 cm³/mol. The summed E-state index contributed by atoms with van der Waals surface area (Å²) >= 11 is 1.69. The van der Waals surface area contributed by atoms with Gasteiger partial charge in [-0.3, -0.25) is 4.90 Å². The molecule has 1 aliphatic rings. The molecule has 0 unspecified atom stereocenters. The molecule has 2 aromatic rings. The lowest BCUT2D eigenvalue weighted by Crippen LogP contribution is -2.41. The van der Waals surface area contributed by atoms with Gasteiger partial charge in [0, 0.05) is 43.7 Å². The minimum atomic E-state index is 0.595. The summed E-state index contributed by atoms with van der Waals surface area (Å²) in [6.45, 7) is 9.18. The highest BCUT2D eigenvalue weighted by atomic mass is 32.1. The number of hydrogen-bond donors (Lipinski definition) is 2. The van der Waals surface area contributed by atoms with Gasteiger partial charge >= 0.3 is 0 Å². The third-order valence-corrected chi connectivity index (χ3v) is 5.23. The summed E-state index contributed by atoms with van der Waals surface area (Å²) in [5.41, 5.74) is 0. The molecule has 0 spiro atoms. The summed E-state index contributed by atoms with van der Waals surface area (Å²) < 4.78 is 10.8. The topological polar surface area (TPSA) is 74.9 Å². The number of ether oxygens (including phenoxy) is 1. The minimum absolute atomic E-state index is 0.595. The molecule has 0 atom stereocenters. The van der Waals surface area contributed by atoms with Crippen molar-refractivity contribution in [3.8, 4) is 0 Å². The Balaban J connectivity index is 1.43. The van der Waals surface area contributed by atoms with Crippen LogP contribution in [0.5, 0.6) is 0 Å². The third kappa shape index (κ3) is 7.32. The molecule has 1 aliphatic heterocycles. The lowest BCUT2D eigenvalue weighted by molar-refractivity contribution is 0.0376. The smallest absolute Gasteiger partial charge is 0.191 e. The number of aliphatic imine (C=N–C) groups is 1. The van der Waals surface area contributed by atoms with Crippen molar-refractivity contribution in [3.63, 3.8) is 0 Å². The van der Waals surface area contributed by atoms with E-state index >= 15 is 0 Å². The molecule has 0 saturated carbocycles. The molecule has 0 aromatic carbocycles. The summed E-state index contributed by atoms with van der Waals surface area (Å²) in [7, 11) is 0. The van der Waals surface area contributed by atoms with Gasteiger partial charge in [0.2, 0.25) is 0 Å². The summed E-state index contributed by atoms with van der Waals surface area (Å²) in [6, 6.07) is 3.91. The Hall–Kier alpha value is -1.90. The molecule has 3 rings (SSSR count). The van der Waals surface area contributed by atoms with Crippen molar-refractivity contribution < 1.29 is 9.15 Å². The average molecular weight is 392 g/mol. The highest BCUT2D eigenvalue weighted by molar-refractivity contribution is 7.11. The number of morpholine rings is 1. The van der Waals surface area contributed by atoms with E-state index in [-0.39, 0.29) is 0 Å². The van der Waals surface area contributed by atoms with E-state index in [0.29, 0.717) is 6.54 Å². The fourth-order valence-corrected chi connectivity index (χ4v) is 3.60. The molecular formula is C19H29N5O2S. The van der Waals surface area contributed by atoms with Gasteiger partial charge in [-0.2, -0.15) is 0 Å². The van der Waals surface area contributed by atoms with Crippen molar-refractivity contribution in [1.29, 1.82) is 0 Å². The molecule has 1 saturated heterocycles. The first-order chi connectivity index (χ1) is 13.3. The fraction of sp³-hybridized carbons (Fsp3) is 0.579. The highest BCUT2D eigenvalue weighted by Crippen LogP contribution is 2.11. The molecule has 0 amide bonds. The molecule has 8 heteroatoms. The number of furan rings is 1. The molecule has 27 heavy (non-hydrogen) atoms. The van der Waals surface area contributed by atoms with E-state index in [1.165, 1.54) is 4.88 Å². The molecular weight excluding hydrogens is 362 g/mol. The minimum Gasteiger partial charge on any atom is -0.469 e. The monoisotopic (exact) mass is 391 g/mol. The Labute approximate surface area is 164 Å². The Morgan fingerprint density at radius 2 is 2.15 bits per heavy atom. The van der Waals surface area contributed by atoms with Gasteiger partial charge in [0.05, 0.1) is 26.0 Å². The van der Waals surface area contributed by atoms with Gasteiger partial charge in [0.15, 0.2) is 5.96 Å². The first kappa shape index (κ1) is 19.9. The van der Waals surface area contributed by atoms with E-state index in [1.54, 1.807) is 17.6 Å². The van der Waals surface area contributed by atoms with E-state index in [0.717, 1.165) is 75.5 Å². The second-order valence-corrected chi connectivity index (χ2v) is 7.84. The number of nitrogens with zero attached hydrogens (tertiary/aromatic N) is 3. The SMILES string of the molecule is Cc1cnc(CN=C(NCCCN2CCOCC2)NCCc2ccco2)s1. The molecule has 2 N–H and O–H groups in total. The normalized spacial score (nSPS) is 15.8. The molecule has 0 bridgehead atoms. The Morgan fingerprint density at radius 3 is 2.89 bits per heavy atom. The Bertz CT molecular complexity index is 680. The Morgan fingerprint density at radius 1 is 1.30 bits per heavy atom.